The van der Waals surface area contributed by atoms with Crippen LogP contribution in [0.2, 0.25) is 0 Å². The number of rotatable bonds is 8. The molecule has 1 aromatic heterocycles. The minimum absolute atomic E-state index is 0.122. The molecule has 10 heteroatoms. The third-order valence-corrected chi connectivity index (χ3v) is 3.95. The van der Waals surface area contributed by atoms with Gasteiger partial charge in [0.25, 0.3) is 11.6 Å². The van der Waals surface area contributed by atoms with Crippen molar-refractivity contribution in [2.75, 3.05) is 13.7 Å². The van der Waals surface area contributed by atoms with Gasteiger partial charge in [-0.05, 0) is 6.92 Å². The molecule has 9 nitrogen and oxygen atoms in total. The van der Waals surface area contributed by atoms with Gasteiger partial charge in [-0.2, -0.15) is 0 Å². The molecule has 2 rings (SSSR count). The van der Waals surface area contributed by atoms with Crippen molar-refractivity contribution in [1.29, 1.82) is 0 Å². The Bertz CT molecular complexity index is 751. The Hall–Kier alpha value is -2.72. The van der Waals surface area contributed by atoms with Crippen molar-refractivity contribution < 1.29 is 19.2 Å². The van der Waals surface area contributed by atoms with Gasteiger partial charge in [0.1, 0.15) is 12.2 Å². The van der Waals surface area contributed by atoms with Gasteiger partial charge in [0.2, 0.25) is 0 Å². The first-order chi connectivity index (χ1) is 12.0. The number of nitrogens with two attached hydrogens (primary N) is 1. The highest BCUT2D eigenvalue weighted by Gasteiger charge is 2.25. The van der Waals surface area contributed by atoms with Crippen LogP contribution in [-0.4, -0.2) is 35.5 Å². The zero-order valence-electron chi connectivity index (χ0n) is 13.7. The highest BCUT2D eigenvalue weighted by Crippen LogP contribution is 2.35. The van der Waals surface area contributed by atoms with E-state index in [4.69, 9.17) is 15.2 Å². The van der Waals surface area contributed by atoms with Gasteiger partial charge in [0, 0.05) is 24.0 Å². The first-order valence-corrected chi connectivity index (χ1v) is 8.27. The number of aromatic nitrogens is 1. The maximum Gasteiger partial charge on any atom is 0.286 e. The molecule has 0 aliphatic rings. The highest BCUT2D eigenvalue weighted by molar-refractivity contribution is 7.07. The lowest BCUT2D eigenvalue weighted by atomic mass is 10.1. The van der Waals surface area contributed by atoms with Crippen LogP contribution in [0.25, 0.3) is 0 Å². The Morgan fingerprint density at radius 3 is 2.80 bits per heavy atom. The van der Waals surface area contributed by atoms with E-state index in [1.165, 1.54) is 30.6 Å². The number of nitrogens with zero attached hydrogens (tertiary/aromatic N) is 2. The molecule has 25 heavy (non-hydrogen) atoms. The van der Waals surface area contributed by atoms with Gasteiger partial charge in [0.05, 0.1) is 29.3 Å². The largest absolute Gasteiger partial charge is 0.493 e. The monoisotopic (exact) mass is 366 g/mol. The van der Waals surface area contributed by atoms with Crippen molar-refractivity contribution in [3.8, 4) is 11.5 Å². The van der Waals surface area contributed by atoms with Crippen LogP contribution >= 0.6 is 11.3 Å². The molecule has 1 amide bonds. The molecule has 134 valence electrons. The summed E-state index contributed by atoms with van der Waals surface area (Å²) in [4.78, 5) is 27.1. The molecule has 2 aromatic rings. The second-order valence-corrected chi connectivity index (χ2v) is 5.87. The van der Waals surface area contributed by atoms with E-state index in [2.05, 4.69) is 10.3 Å². The summed E-state index contributed by atoms with van der Waals surface area (Å²) < 4.78 is 10.8. The number of benzene rings is 1. The topological polar surface area (TPSA) is 130 Å². The Morgan fingerprint density at radius 2 is 2.24 bits per heavy atom. The molecule has 0 saturated carbocycles. The summed E-state index contributed by atoms with van der Waals surface area (Å²) in [6, 6.07) is 2.14. The molecule has 0 unspecified atom stereocenters. The van der Waals surface area contributed by atoms with Crippen molar-refractivity contribution in [1.82, 2.24) is 10.3 Å². The van der Waals surface area contributed by atoms with Gasteiger partial charge in [-0.3, -0.25) is 14.9 Å². The van der Waals surface area contributed by atoms with E-state index in [0.29, 0.717) is 5.69 Å². The lowest BCUT2D eigenvalue weighted by molar-refractivity contribution is -0.385. The first kappa shape index (κ1) is 18.6. The zero-order valence-corrected chi connectivity index (χ0v) is 14.5. The number of methoxy groups -OCH3 is 1. The number of thiazole rings is 1. The van der Waals surface area contributed by atoms with Crippen LogP contribution in [0.3, 0.4) is 0 Å². The molecule has 0 aliphatic carbocycles. The van der Waals surface area contributed by atoms with Crippen LogP contribution in [0.1, 0.15) is 23.0 Å². The summed E-state index contributed by atoms with van der Waals surface area (Å²) in [5.41, 5.74) is 7.31. The average molecular weight is 366 g/mol. The fraction of sp³-hybridized carbons (Fsp3) is 0.333. The molecule has 3 N–H and O–H groups in total. The number of nitrogens with one attached hydrogen (secondary N) is 1. The second-order valence-electron chi connectivity index (χ2n) is 5.16. The smallest absolute Gasteiger partial charge is 0.286 e. The van der Waals surface area contributed by atoms with Gasteiger partial charge in [0.15, 0.2) is 11.5 Å². The maximum absolute atomic E-state index is 12.3. The fourth-order valence-electron chi connectivity index (χ4n) is 1.98. The molecule has 1 atom stereocenters. The fourth-order valence-corrected chi connectivity index (χ4v) is 2.52. The molecule has 1 aromatic carbocycles. The average Bonchev–Trinajstić information content (AvgIpc) is 3.12. The van der Waals surface area contributed by atoms with E-state index < -0.39 is 10.8 Å². The third-order valence-electron chi connectivity index (χ3n) is 3.31. The number of ether oxygens (including phenoxy) is 2. The molecule has 0 aliphatic heterocycles. The van der Waals surface area contributed by atoms with Crippen molar-refractivity contribution >= 4 is 22.9 Å². The summed E-state index contributed by atoms with van der Waals surface area (Å²) >= 11 is 1.41. The van der Waals surface area contributed by atoms with Crippen LogP contribution in [-0.2, 0) is 6.61 Å². The van der Waals surface area contributed by atoms with E-state index >= 15 is 0 Å². The van der Waals surface area contributed by atoms with Gasteiger partial charge in [-0.25, -0.2) is 4.98 Å². The van der Waals surface area contributed by atoms with Crippen molar-refractivity contribution in [2.24, 2.45) is 5.73 Å². The van der Waals surface area contributed by atoms with E-state index in [1.54, 1.807) is 17.8 Å². The van der Waals surface area contributed by atoms with Crippen LogP contribution in [0.15, 0.2) is 23.0 Å². The van der Waals surface area contributed by atoms with E-state index in [-0.39, 0.29) is 41.9 Å². The molecule has 0 bridgehead atoms. The normalized spacial score (nSPS) is 11.6. The molecule has 0 saturated heterocycles. The number of hydrogen-bond acceptors (Lipinski definition) is 8. The Labute approximate surface area is 147 Å². The molecular weight excluding hydrogens is 348 g/mol. The van der Waals surface area contributed by atoms with Crippen molar-refractivity contribution in [3.63, 3.8) is 0 Å². The molecule has 0 spiro atoms. The number of carbonyl (C=O) groups excluding carboxylic acids is 1. The highest BCUT2D eigenvalue weighted by atomic mass is 32.1. The van der Waals surface area contributed by atoms with Crippen LogP contribution in [0, 0.1) is 10.1 Å². The van der Waals surface area contributed by atoms with Crippen molar-refractivity contribution in [2.45, 2.75) is 19.6 Å². The van der Waals surface area contributed by atoms with Gasteiger partial charge in [-0.1, -0.05) is 0 Å². The predicted octanol–water partition coefficient (Wildman–Crippen LogP) is 1.72. The number of nitro groups is 1. The second kappa shape index (κ2) is 8.40. The number of amides is 1. The van der Waals surface area contributed by atoms with Crippen LogP contribution in [0.4, 0.5) is 5.69 Å². The Balaban J connectivity index is 2.34. The quantitative estimate of drug-likeness (QED) is 0.537. The minimum Gasteiger partial charge on any atom is -0.493 e. The summed E-state index contributed by atoms with van der Waals surface area (Å²) in [5.74, 6) is -0.231. The van der Waals surface area contributed by atoms with Crippen LogP contribution in [0.5, 0.6) is 11.5 Å². The lowest BCUT2D eigenvalue weighted by Gasteiger charge is -2.14. The summed E-state index contributed by atoms with van der Waals surface area (Å²) in [5, 5.41) is 15.8. The van der Waals surface area contributed by atoms with E-state index in [1.807, 2.05) is 0 Å². The third kappa shape index (κ3) is 4.64. The lowest BCUT2D eigenvalue weighted by Crippen LogP contribution is -2.38. The van der Waals surface area contributed by atoms with E-state index in [9.17, 15) is 14.9 Å². The Morgan fingerprint density at radius 1 is 1.48 bits per heavy atom. The first-order valence-electron chi connectivity index (χ1n) is 7.33. The van der Waals surface area contributed by atoms with Gasteiger partial charge < -0.3 is 20.5 Å². The predicted molar refractivity (Wildman–Crippen MR) is 92.1 cm³/mol. The maximum atomic E-state index is 12.3. The molecule has 0 fully saturated rings. The van der Waals surface area contributed by atoms with Crippen LogP contribution < -0.4 is 20.5 Å². The van der Waals surface area contributed by atoms with Crippen molar-refractivity contribution in [3.05, 3.63) is 44.4 Å². The molecule has 0 radical (unpaired) electrons. The number of nitro benzene ring substituents is 1. The number of hydrogen-bond donors (Lipinski definition) is 2. The standard InChI is InChI=1S/C15H18N4O5S/c1-9(5-16)18-15(20)11-3-13(23-2)14(4-12(11)19(21)22)24-6-10-7-25-8-17-10/h3-4,7-9H,5-6,16H2,1-2H3,(H,18,20)/t9-/m0/s1. The number of carbonyl (C=O) groups is 1. The van der Waals surface area contributed by atoms with Gasteiger partial charge >= 0.3 is 0 Å². The zero-order chi connectivity index (χ0) is 18.4. The Kier molecular flexibility index (Phi) is 6.25. The van der Waals surface area contributed by atoms with E-state index in [0.717, 1.165) is 0 Å². The summed E-state index contributed by atoms with van der Waals surface area (Å²) in [6.45, 7) is 2.05. The van der Waals surface area contributed by atoms with Gasteiger partial charge in [-0.15, -0.1) is 11.3 Å². The SMILES string of the molecule is COc1cc(C(=O)N[C@@H](C)CN)c([N+](=O)[O-])cc1OCc1cscn1. The summed E-state index contributed by atoms with van der Waals surface area (Å²) in [6.07, 6.45) is 0. The molecular formula is C15H18N4O5S. The molecule has 1 heterocycles. The minimum atomic E-state index is -0.642. The summed E-state index contributed by atoms with van der Waals surface area (Å²) in [7, 11) is 1.39.